The molecule has 0 aromatic heterocycles. The van der Waals surface area contributed by atoms with Gasteiger partial charge in [0.25, 0.3) is 5.91 Å². The van der Waals surface area contributed by atoms with E-state index in [0.29, 0.717) is 11.5 Å². The minimum absolute atomic E-state index is 0.0708. The third-order valence-electron chi connectivity index (χ3n) is 3.43. The second kappa shape index (κ2) is 7.41. The first-order chi connectivity index (χ1) is 10.1. The Morgan fingerprint density at radius 1 is 1.05 bits per heavy atom. The van der Waals surface area contributed by atoms with Crippen molar-refractivity contribution in [2.75, 3.05) is 10.6 Å². The van der Waals surface area contributed by atoms with Crippen LogP contribution in [0.1, 0.15) is 41.3 Å². The van der Waals surface area contributed by atoms with Crippen molar-refractivity contribution in [3.8, 4) is 0 Å². The summed E-state index contributed by atoms with van der Waals surface area (Å²) in [4.78, 5) is 12.2. The molecular formula is C18H20BrNO. The molecule has 2 nitrogen and oxygen atoms in total. The van der Waals surface area contributed by atoms with Crippen LogP contribution in [0.2, 0.25) is 0 Å². The molecule has 0 atom stereocenters. The number of aryl methyl sites for hydroxylation is 1. The maximum Gasteiger partial charge on any atom is 0.255 e. The van der Waals surface area contributed by atoms with Crippen LogP contribution in [0.3, 0.4) is 0 Å². The maximum atomic E-state index is 12.2. The number of halogens is 1. The van der Waals surface area contributed by atoms with E-state index in [-0.39, 0.29) is 5.91 Å². The number of hydrogen-bond acceptors (Lipinski definition) is 1. The van der Waals surface area contributed by atoms with Gasteiger partial charge in [0.2, 0.25) is 0 Å². The van der Waals surface area contributed by atoms with Crippen molar-refractivity contribution in [1.82, 2.24) is 0 Å². The van der Waals surface area contributed by atoms with E-state index in [0.717, 1.165) is 17.4 Å². The number of hydrogen-bond donors (Lipinski definition) is 1. The van der Waals surface area contributed by atoms with Crippen LogP contribution in [0.15, 0.2) is 48.5 Å². The first kappa shape index (κ1) is 15.8. The summed E-state index contributed by atoms with van der Waals surface area (Å²) in [6.07, 6.45) is 0.991. The molecule has 0 bridgehead atoms. The number of nitrogens with one attached hydrogen (secondary N) is 1. The molecule has 3 heteroatoms. The summed E-state index contributed by atoms with van der Waals surface area (Å²) in [5, 5.41) is 3.87. The van der Waals surface area contributed by atoms with E-state index in [4.69, 9.17) is 0 Å². The molecule has 0 unspecified atom stereocenters. The normalized spacial score (nSPS) is 10.7. The van der Waals surface area contributed by atoms with Gasteiger partial charge in [-0.25, -0.2) is 0 Å². The average Bonchev–Trinajstić information content (AvgIpc) is 2.49. The number of benzene rings is 2. The zero-order valence-electron chi connectivity index (χ0n) is 12.4. The van der Waals surface area contributed by atoms with Crippen LogP contribution < -0.4 is 5.32 Å². The van der Waals surface area contributed by atoms with Crippen molar-refractivity contribution >= 4 is 27.5 Å². The first-order valence-electron chi connectivity index (χ1n) is 7.16. The third-order valence-corrected chi connectivity index (χ3v) is 3.83. The van der Waals surface area contributed by atoms with Crippen molar-refractivity contribution in [2.45, 2.75) is 26.2 Å². The van der Waals surface area contributed by atoms with Crippen LogP contribution in [-0.2, 0) is 6.42 Å². The van der Waals surface area contributed by atoms with Crippen molar-refractivity contribution in [2.24, 2.45) is 0 Å². The number of carbonyl (C=O) groups is 1. The van der Waals surface area contributed by atoms with Gasteiger partial charge in [-0.2, -0.15) is 0 Å². The van der Waals surface area contributed by atoms with Gasteiger partial charge in [-0.1, -0.05) is 54.0 Å². The Bertz CT molecular complexity index is 588. The topological polar surface area (TPSA) is 29.1 Å². The van der Waals surface area contributed by atoms with Crippen molar-refractivity contribution in [3.63, 3.8) is 0 Å². The van der Waals surface area contributed by atoms with Crippen LogP contribution in [-0.4, -0.2) is 11.2 Å². The highest BCUT2D eigenvalue weighted by molar-refractivity contribution is 9.09. The molecule has 1 N–H and O–H groups in total. The van der Waals surface area contributed by atoms with Gasteiger partial charge in [-0.15, -0.1) is 0 Å². The molecule has 110 valence electrons. The molecule has 0 fully saturated rings. The SMILES string of the molecule is CC(C)c1ccc(C(=O)Nc2ccc(CCBr)cc2)cc1. The predicted molar refractivity (Wildman–Crippen MR) is 92.4 cm³/mol. The van der Waals surface area contributed by atoms with E-state index in [1.807, 2.05) is 48.5 Å². The van der Waals surface area contributed by atoms with Gasteiger partial charge >= 0.3 is 0 Å². The average molecular weight is 346 g/mol. The smallest absolute Gasteiger partial charge is 0.255 e. The summed E-state index contributed by atoms with van der Waals surface area (Å²) < 4.78 is 0. The van der Waals surface area contributed by atoms with Crippen LogP contribution in [0.5, 0.6) is 0 Å². The van der Waals surface area contributed by atoms with Gasteiger partial charge in [-0.3, -0.25) is 4.79 Å². The van der Waals surface area contributed by atoms with Gasteiger partial charge in [0.05, 0.1) is 0 Å². The fourth-order valence-electron chi connectivity index (χ4n) is 2.09. The second-order valence-corrected chi connectivity index (χ2v) is 6.16. The van der Waals surface area contributed by atoms with Crippen LogP contribution >= 0.6 is 15.9 Å². The summed E-state index contributed by atoms with van der Waals surface area (Å²) >= 11 is 3.42. The lowest BCUT2D eigenvalue weighted by Gasteiger charge is -2.08. The minimum Gasteiger partial charge on any atom is -0.322 e. The largest absolute Gasteiger partial charge is 0.322 e. The lowest BCUT2D eigenvalue weighted by Crippen LogP contribution is -2.11. The number of amides is 1. The molecule has 0 aliphatic rings. The third kappa shape index (κ3) is 4.43. The molecule has 0 radical (unpaired) electrons. The molecule has 1 amide bonds. The Labute approximate surface area is 134 Å². The number of anilines is 1. The van der Waals surface area contributed by atoms with Crippen molar-refractivity contribution in [3.05, 3.63) is 65.2 Å². The Hall–Kier alpha value is -1.61. The quantitative estimate of drug-likeness (QED) is 0.759. The molecule has 2 aromatic carbocycles. The highest BCUT2D eigenvalue weighted by Crippen LogP contribution is 2.16. The Morgan fingerprint density at radius 2 is 1.67 bits per heavy atom. The molecule has 21 heavy (non-hydrogen) atoms. The fraction of sp³-hybridized carbons (Fsp3) is 0.278. The van der Waals surface area contributed by atoms with Crippen molar-refractivity contribution < 1.29 is 4.79 Å². The molecule has 0 aliphatic heterocycles. The molecule has 2 aromatic rings. The fourth-order valence-corrected chi connectivity index (χ4v) is 2.54. The molecular weight excluding hydrogens is 326 g/mol. The molecule has 0 spiro atoms. The van der Waals surface area contributed by atoms with E-state index in [1.54, 1.807) is 0 Å². The van der Waals surface area contributed by atoms with Crippen LogP contribution in [0.25, 0.3) is 0 Å². The van der Waals surface area contributed by atoms with E-state index in [9.17, 15) is 4.79 Å². The number of rotatable bonds is 5. The summed E-state index contributed by atoms with van der Waals surface area (Å²) in [5.74, 6) is 0.405. The maximum absolute atomic E-state index is 12.2. The predicted octanol–water partition coefficient (Wildman–Crippen LogP) is 5.00. The van der Waals surface area contributed by atoms with E-state index in [1.165, 1.54) is 11.1 Å². The standard InChI is InChI=1S/C18H20BrNO/c1-13(2)15-5-7-16(8-6-15)18(21)20-17-9-3-14(4-10-17)11-12-19/h3-10,13H,11-12H2,1-2H3,(H,20,21). The molecule has 0 heterocycles. The minimum atomic E-state index is -0.0708. The van der Waals surface area contributed by atoms with Gasteiger partial charge in [-0.05, 0) is 47.7 Å². The summed E-state index contributed by atoms with van der Waals surface area (Å²) in [6.45, 7) is 4.28. The Balaban J connectivity index is 2.03. The summed E-state index contributed by atoms with van der Waals surface area (Å²) in [6, 6.07) is 15.7. The highest BCUT2D eigenvalue weighted by atomic mass is 79.9. The van der Waals surface area contributed by atoms with Gasteiger partial charge in [0, 0.05) is 16.6 Å². The highest BCUT2D eigenvalue weighted by Gasteiger charge is 2.07. The lowest BCUT2D eigenvalue weighted by molar-refractivity contribution is 0.102. The van der Waals surface area contributed by atoms with Gasteiger partial charge < -0.3 is 5.32 Å². The van der Waals surface area contributed by atoms with Crippen molar-refractivity contribution in [1.29, 1.82) is 0 Å². The number of alkyl halides is 1. The van der Waals surface area contributed by atoms with E-state index >= 15 is 0 Å². The Kier molecular flexibility index (Phi) is 5.57. The second-order valence-electron chi connectivity index (χ2n) is 5.37. The zero-order valence-corrected chi connectivity index (χ0v) is 14.0. The summed E-state index contributed by atoms with van der Waals surface area (Å²) in [5.41, 5.74) is 4.01. The van der Waals surface area contributed by atoms with E-state index in [2.05, 4.69) is 35.1 Å². The molecule has 2 rings (SSSR count). The Morgan fingerprint density at radius 3 is 2.19 bits per heavy atom. The monoisotopic (exact) mass is 345 g/mol. The molecule has 0 saturated heterocycles. The first-order valence-corrected chi connectivity index (χ1v) is 8.28. The zero-order chi connectivity index (χ0) is 15.2. The van der Waals surface area contributed by atoms with Gasteiger partial charge in [0.1, 0.15) is 0 Å². The molecule has 0 aliphatic carbocycles. The molecule has 0 saturated carbocycles. The van der Waals surface area contributed by atoms with Crippen LogP contribution in [0, 0.1) is 0 Å². The van der Waals surface area contributed by atoms with E-state index < -0.39 is 0 Å². The lowest BCUT2D eigenvalue weighted by atomic mass is 10.0. The van der Waals surface area contributed by atoms with Gasteiger partial charge in [0.15, 0.2) is 0 Å². The summed E-state index contributed by atoms with van der Waals surface area (Å²) in [7, 11) is 0. The van der Waals surface area contributed by atoms with Crippen LogP contribution in [0.4, 0.5) is 5.69 Å². The number of carbonyl (C=O) groups excluding carboxylic acids is 1.